The Kier molecular flexibility index (Phi) is 4.23. The van der Waals surface area contributed by atoms with E-state index in [0.29, 0.717) is 0 Å². The molecule has 0 aromatic rings. The van der Waals surface area contributed by atoms with E-state index in [1.165, 1.54) is 0 Å². The number of ketones is 1. The molecule has 0 radical (unpaired) electrons. The minimum absolute atomic E-state index is 0.00185. The summed E-state index contributed by atoms with van der Waals surface area (Å²) in [5.41, 5.74) is 5.32. The molecule has 0 amide bonds. The normalized spacial score (nSPS) is 21.2. The Hall–Kier alpha value is -0.940. The molecule has 1 heterocycles. The maximum Gasteiger partial charge on any atom is 0.320 e. The van der Waals surface area contributed by atoms with Gasteiger partial charge in [-0.05, 0) is 33.0 Å². The number of carbonyl (C=O) groups excluding carboxylic acids is 1. The minimum Gasteiger partial charge on any atom is -0.480 e. The van der Waals surface area contributed by atoms with Crippen molar-refractivity contribution in [2.24, 2.45) is 11.7 Å². The highest BCUT2D eigenvalue weighted by atomic mass is 16.4. The van der Waals surface area contributed by atoms with Gasteiger partial charge in [0.1, 0.15) is 11.8 Å². The van der Waals surface area contributed by atoms with E-state index in [1.807, 2.05) is 7.05 Å². The molecule has 1 rings (SSSR count). The van der Waals surface area contributed by atoms with Gasteiger partial charge in [-0.3, -0.25) is 9.59 Å². The topological polar surface area (TPSA) is 83.6 Å². The number of piperidine rings is 1. The quantitative estimate of drug-likeness (QED) is 0.671. The molecule has 1 unspecified atom stereocenters. The van der Waals surface area contributed by atoms with Crippen molar-refractivity contribution >= 4 is 11.8 Å². The average Bonchev–Trinajstić information content (AvgIpc) is 2.18. The van der Waals surface area contributed by atoms with Gasteiger partial charge in [0.25, 0.3) is 0 Å². The van der Waals surface area contributed by atoms with Crippen molar-refractivity contribution in [1.29, 1.82) is 0 Å². The fourth-order valence-corrected chi connectivity index (χ4v) is 1.80. The summed E-state index contributed by atoms with van der Waals surface area (Å²) in [6.45, 7) is 1.80. The molecule has 86 valence electrons. The zero-order valence-corrected chi connectivity index (χ0v) is 8.98. The molecule has 0 bridgehead atoms. The van der Waals surface area contributed by atoms with Crippen LogP contribution in [0.1, 0.15) is 19.3 Å². The number of aliphatic carboxylic acids is 1. The van der Waals surface area contributed by atoms with Gasteiger partial charge in [0, 0.05) is 12.3 Å². The number of Topliss-reactive ketones (excluding diaryl/α,β-unsaturated/α-hetero) is 1. The van der Waals surface area contributed by atoms with Crippen LogP contribution in [0.4, 0.5) is 0 Å². The molecule has 1 fully saturated rings. The average molecular weight is 214 g/mol. The summed E-state index contributed by atoms with van der Waals surface area (Å²) in [4.78, 5) is 24.3. The molecule has 1 aliphatic heterocycles. The summed E-state index contributed by atoms with van der Waals surface area (Å²) in [6.07, 6.45) is 1.60. The Balaban J connectivity index is 2.37. The van der Waals surface area contributed by atoms with Gasteiger partial charge < -0.3 is 15.7 Å². The number of hydrogen-bond acceptors (Lipinski definition) is 4. The van der Waals surface area contributed by atoms with Gasteiger partial charge in [-0.2, -0.15) is 0 Å². The summed E-state index contributed by atoms with van der Waals surface area (Å²) in [5, 5.41) is 8.59. The van der Waals surface area contributed by atoms with Gasteiger partial charge >= 0.3 is 5.97 Å². The van der Waals surface area contributed by atoms with E-state index in [1.54, 1.807) is 0 Å². The first-order valence-corrected chi connectivity index (χ1v) is 5.20. The smallest absolute Gasteiger partial charge is 0.320 e. The fourth-order valence-electron chi connectivity index (χ4n) is 1.80. The van der Waals surface area contributed by atoms with E-state index in [0.717, 1.165) is 25.9 Å². The lowest BCUT2D eigenvalue weighted by Gasteiger charge is -2.28. The Morgan fingerprint density at radius 1 is 1.47 bits per heavy atom. The summed E-state index contributed by atoms with van der Waals surface area (Å²) in [7, 11) is 2.02. The predicted molar refractivity (Wildman–Crippen MR) is 55.5 cm³/mol. The fraction of sp³-hybridized carbons (Fsp3) is 0.800. The van der Waals surface area contributed by atoms with Crippen molar-refractivity contribution in [2.45, 2.75) is 25.3 Å². The highest BCUT2D eigenvalue weighted by Gasteiger charge is 2.26. The van der Waals surface area contributed by atoms with Crippen LogP contribution in [0.2, 0.25) is 0 Å². The van der Waals surface area contributed by atoms with Crippen LogP contribution in [0.25, 0.3) is 0 Å². The third-order valence-electron chi connectivity index (χ3n) is 2.91. The molecule has 15 heavy (non-hydrogen) atoms. The molecule has 0 aliphatic carbocycles. The van der Waals surface area contributed by atoms with E-state index in [9.17, 15) is 9.59 Å². The monoisotopic (exact) mass is 214 g/mol. The lowest BCUT2D eigenvalue weighted by molar-refractivity contribution is -0.140. The number of nitrogens with zero attached hydrogens (tertiary/aromatic N) is 1. The third-order valence-corrected chi connectivity index (χ3v) is 2.91. The largest absolute Gasteiger partial charge is 0.480 e. The van der Waals surface area contributed by atoms with Gasteiger partial charge in [-0.15, -0.1) is 0 Å². The van der Waals surface area contributed by atoms with E-state index >= 15 is 0 Å². The molecule has 1 saturated heterocycles. The zero-order chi connectivity index (χ0) is 11.4. The van der Waals surface area contributed by atoms with Crippen LogP contribution < -0.4 is 5.73 Å². The molecular weight excluding hydrogens is 196 g/mol. The van der Waals surface area contributed by atoms with Crippen LogP contribution >= 0.6 is 0 Å². The Bertz CT molecular complexity index is 247. The van der Waals surface area contributed by atoms with Gasteiger partial charge in [-0.1, -0.05) is 0 Å². The van der Waals surface area contributed by atoms with Crippen molar-refractivity contribution in [2.75, 3.05) is 20.1 Å². The zero-order valence-electron chi connectivity index (χ0n) is 8.98. The standard InChI is InChI=1S/C10H18N2O3/c1-12-4-2-7(3-5-12)9(13)6-8(11)10(14)15/h7-8H,2-6,11H2,1H3,(H,14,15). The Morgan fingerprint density at radius 2 is 2.00 bits per heavy atom. The van der Waals surface area contributed by atoms with Gasteiger partial charge in [0.15, 0.2) is 0 Å². The number of carbonyl (C=O) groups is 2. The Labute approximate surface area is 89.2 Å². The van der Waals surface area contributed by atoms with Gasteiger partial charge in [-0.25, -0.2) is 0 Å². The van der Waals surface area contributed by atoms with Crippen molar-refractivity contribution in [3.8, 4) is 0 Å². The summed E-state index contributed by atoms with van der Waals surface area (Å²) in [5.74, 6) is -1.10. The molecule has 5 heteroatoms. The number of carboxylic acids is 1. The van der Waals surface area contributed by atoms with Crippen LogP contribution in [0.15, 0.2) is 0 Å². The number of rotatable bonds is 4. The second-order valence-corrected chi connectivity index (χ2v) is 4.19. The van der Waals surface area contributed by atoms with Crippen LogP contribution in [0.5, 0.6) is 0 Å². The predicted octanol–water partition coefficient (Wildman–Crippen LogP) is -0.301. The van der Waals surface area contributed by atoms with E-state index in [4.69, 9.17) is 10.8 Å². The molecule has 1 atom stereocenters. The lowest BCUT2D eigenvalue weighted by Crippen LogP contribution is -2.38. The number of carboxylic acid groups (broad SMARTS) is 1. The van der Waals surface area contributed by atoms with Gasteiger partial charge in [0.2, 0.25) is 0 Å². The SMILES string of the molecule is CN1CCC(C(=O)CC(N)C(=O)O)CC1. The molecule has 5 nitrogen and oxygen atoms in total. The van der Waals surface area contributed by atoms with Crippen LogP contribution in [0, 0.1) is 5.92 Å². The molecular formula is C10H18N2O3. The molecule has 0 aromatic carbocycles. The number of likely N-dealkylation sites (tertiary alicyclic amines) is 1. The van der Waals surface area contributed by atoms with Crippen LogP contribution in [0.3, 0.4) is 0 Å². The third kappa shape index (κ3) is 3.60. The Morgan fingerprint density at radius 3 is 2.47 bits per heavy atom. The molecule has 0 aromatic heterocycles. The first-order chi connectivity index (χ1) is 7.00. The van der Waals surface area contributed by atoms with Crippen molar-refractivity contribution in [1.82, 2.24) is 4.90 Å². The summed E-state index contributed by atoms with van der Waals surface area (Å²) >= 11 is 0. The molecule has 3 N–H and O–H groups in total. The second kappa shape index (κ2) is 5.23. The number of hydrogen-bond donors (Lipinski definition) is 2. The van der Waals surface area contributed by atoms with E-state index in [-0.39, 0.29) is 18.1 Å². The lowest BCUT2D eigenvalue weighted by atomic mass is 9.89. The highest BCUT2D eigenvalue weighted by Crippen LogP contribution is 2.18. The minimum atomic E-state index is -1.10. The first-order valence-electron chi connectivity index (χ1n) is 5.20. The molecule has 0 saturated carbocycles. The second-order valence-electron chi connectivity index (χ2n) is 4.19. The van der Waals surface area contributed by atoms with Crippen molar-refractivity contribution in [3.05, 3.63) is 0 Å². The maximum atomic E-state index is 11.7. The number of nitrogens with two attached hydrogens (primary N) is 1. The summed E-state index contributed by atoms with van der Waals surface area (Å²) < 4.78 is 0. The van der Waals surface area contributed by atoms with E-state index in [2.05, 4.69) is 4.90 Å². The van der Waals surface area contributed by atoms with Crippen LogP contribution in [-0.2, 0) is 9.59 Å². The van der Waals surface area contributed by atoms with E-state index < -0.39 is 12.0 Å². The highest BCUT2D eigenvalue weighted by molar-refractivity contribution is 5.87. The van der Waals surface area contributed by atoms with Gasteiger partial charge in [0.05, 0.1) is 0 Å². The molecule has 1 aliphatic rings. The van der Waals surface area contributed by atoms with Crippen molar-refractivity contribution < 1.29 is 14.7 Å². The van der Waals surface area contributed by atoms with Crippen molar-refractivity contribution in [3.63, 3.8) is 0 Å². The van der Waals surface area contributed by atoms with Crippen LogP contribution in [-0.4, -0.2) is 47.9 Å². The maximum absolute atomic E-state index is 11.7. The first kappa shape index (κ1) is 12.1. The molecule has 0 spiro atoms. The summed E-state index contributed by atoms with van der Waals surface area (Å²) in [6, 6.07) is -1.04.